The van der Waals surface area contributed by atoms with Gasteiger partial charge in [0.15, 0.2) is 5.16 Å². The molecule has 0 aliphatic carbocycles. The van der Waals surface area contributed by atoms with E-state index in [2.05, 4.69) is 15.6 Å². The van der Waals surface area contributed by atoms with Gasteiger partial charge in [0.1, 0.15) is 6.04 Å². The molecule has 0 aliphatic rings. The Hall–Kier alpha value is -3.06. The zero-order valence-electron chi connectivity index (χ0n) is 17.3. The van der Waals surface area contributed by atoms with Gasteiger partial charge in [0, 0.05) is 36.4 Å². The Morgan fingerprint density at radius 3 is 2.37 bits per heavy atom. The Morgan fingerprint density at radius 1 is 1.07 bits per heavy atom. The summed E-state index contributed by atoms with van der Waals surface area (Å²) in [6, 6.07) is 16.1. The monoisotopic (exact) mass is 422 g/mol. The van der Waals surface area contributed by atoms with Crippen LogP contribution in [-0.2, 0) is 16.6 Å². The standard InChI is InChI=1S/C23H26N4O2S/c1-16(2)15-20(28)26-21(17-7-5-4-6-8-17)22(29)25-18-9-11-19(12-10-18)30-23-24-13-14-27(23)3/h4-14,16,21H,15H2,1-3H3,(H,25,29)(H,26,28). The van der Waals surface area contributed by atoms with Crippen molar-refractivity contribution in [3.8, 4) is 0 Å². The maximum Gasteiger partial charge on any atom is 0.251 e. The summed E-state index contributed by atoms with van der Waals surface area (Å²) in [6.07, 6.45) is 4.03. The minimum absolute atomic E-state index is 0.143. The number of rotatable bonds is 8. The molecule has 2 amide bonds. The average molecular weight is 423 g/mol. The van der Waals surface area contributed by atoms with Gasteiger partial charge < -0.3 is 15.2 Å². The highest BCUT2D eigenvalue weighted by Gasteiger charge is 2.23. The van der Waals surface area contributed by atoms with Crippen LogP contribution in [0.2, 0.25) is 0 Å². The molecule has 156 valence electrons. The minimum Gasteiger partial charge on any atom is -0.341 e. The summed E-state index contributed by atoms with van der Waals surface area (Å²) < 4.78 is 1.95. The second kappa shape index (κ2) is 10.1. The van der Waals surface area contributed by atoms with Crippen LogP contribution in [0.4, 0.5) is 5.69 Å². The summed E-state index contributed by atoms with van der Waals surface area (Å²) in [5.41, 5.74) is 1.41. The van der Waals surface area contributed by atoms with E-state index >= 15 is 0 Å². The predicted octanol–water partition coefficient (Wildman–Crippen LogP) is 4.41. The van der Waals surface area contributed by atoms with Crippen molar-refractivity contribution in [3.63, 3.8) is 0 Å². The first-order valence-corrected chi connectivity index (χ1v) is 10.6. The normalized spacial score (nSPS) is 11.9. The van der Waals surface area contributed by atoms with Crippen molar-refractivity contribution < 1.29 is 9.59 Å². The molecule has 3 aromatic rings. The highest BCUT2D eigenvalue weighted by molar-refractivity contribution is 7.99. The molecule has 0 fully saturated rings. The molecule has 0 radical (unpaired) electrons. The summed E-state index contributed by atoms with van der Waals surface area (Å²) in [5.74, 6) is -0.202. The molecule has 6 nitrogen and oxygen atoms in total. The number of imidazole rings is 1. The first-order chi connectivity index (χ1) is 14.4. The van der Waals surface area contributed by atoms with Gasteiger partial charge in [-0.05, 0) is 35.7 Å². The van der Waals surface area contributed by atoms with Crippen molar-refractivity contribution in [1.82, 2.24) is 14.9 Å². The molecule has 0 bridgehead atoms. The van der Waals surface area contributed by atoms with Crippen LogP contribution in [0.5, 0.6) is 0 Å². The molecule has 0 spiro atoms. The lowest BCUT2D eigenvalue weighted by molar-refractivity contribution is -0.127. The van der Waals surface area contributed by atoms with Crippen LogP contribution in [0.15, 0.2) is 77.0 Å². The molecular formula is C23H26N4O2S. The average Bonchev–Trinajstić information content (AvgIpc) is 3.12. The van der Waals surface area contributed by atoms with E-state index in [4.69, 9.17) is 0 Å². The van der Waals surface area contributed by atoms with Crippen molar-refractivity contribution in [3.05, 3.63) is 72.6 Å². The maximum atomic E-state index is 13.0. The molecule has 0 aliphatic heterocycles. The lowest BCUT2D eigenvalue weighted by Crippen LogP contribution is -2.37. The van der Waals surface area contributed by atoms with E-state index in [1.54, 1.807) is 18.0 Å². The second-order valence-electron chi connectivity index (χ2n) is 7.45. The number of anilines is 1. The fraction of sp³-hybridized carbons (Fsp3) is 0.261. The van der Waals surface area contributed by atoms with Gasteiger partial charge >= 0.3 is 0 Å². The van der Waals surface area contributed by atoms with Crippen LogP contribution in [0.3, 0.4) is 0 Å². The van der Waals surface area contributed by atoms with Crippen molar-refractivity contribution in [2.24, 2.45) is 13.0 Å². The number of benzene rings is 2. The van der Waals surface area contributed by atoms with Gasteiger partial charge in [0.25, 0.3) is 5.91 Å². The number of aromatic nitrogens is 2. The van der Waals surface area contributed by atoms with Crippen molar-refractivity contribution >= 4 is 29.3 Å². The summed E-state index contributed by atoms with van der Waals surface area (Å²) in [5, 5.41) is 6.67. The van der Waals surface area contributed by atoms with E-state index in [1.807, 2.05) is 86.3 Å². The van der Waals surface area contributed by atoms with Gasteiger partial charge in [-0.2, -0.15) is 0 Å². The number of hydrogen-bond donors (Lipinski definition) is 2. The molecule has 1 unspecified atom stereocenters. The summed E-state index contributed by atoms with van der Waals surface area (Å²) in [6.45, 7) is 3.95. The highest BCUT2D eigenvalue weighted by Crippen LogP contribution is 2.27. The summed E-state index contributed by atoms with van der Waals surface area (Å²) in [7, 11) is 1.95. The van der Waals surface area contributed by atoms with Crippen LogP contribution in [-0.4, -0.2) is 21.4 Å². The molecule has 1 atom stereocenters. The van der Waals surface area contributed by atoms with Crippen molar-refractivity contribution in [2.75, 3.05) is 5.32 Å². The van der Waals surface area contributed by atoms with E-state index in [0.29, 0.717) is 12.1 Å². The molecule has 1 heterocycles. The van der Waals surface area contributed by atoms with Crippen molar-refractivity contribution in [1.29, 1.82) is 0 Å². The fourth-order valence-corrected chi connectivity index (χ4v) is 3.71. The van der Waals surface area contributed by atoms with Gasteiger partial charge in [-0.25, -0.2) is 4.98 Å². The van der Waals surface area contributed by atoms with Crippen LogP contribution < -0.4 is 10.6 Å². The number of carbonyl (C=O) groups excluding carboxylic acids is 2. The van der Waals surface area contributed by atoms with Gasteiger partial charge in [0.2, 0.25) is 5.91 Å². The molecule has 1 aromatic heterocycles. The minimum atomic E-state index is -0.751. The maximum absolute atomic E-state index is 13.0. The molecular weight excluding hydrogens is 396 g/mol. The number of carbonyl (C=O) groups is 2. The molecule has 2 N–H and O–H groups in total. The fourth-order valence-electron chi connectivity index (χ4n) is 2.91. The third-order valence-electron chi connectivity index (χ3n) is 4.40. The van der Waals surface area contributed by atoms with E-state index in [-0.39, 0.29) is 17.7 Å². The van der Waals surface area contributed by atoms with Gasteiger partial charge in [-0.15, -0.1) is 0 Å². The second-order valence-corrected chi connectivity index (χ2v) is 8.49. The Labute approximate surface area is 181 Å². The van der Waals surface area contributed by atoms with Crippen LogP contribution in [0.25, 0.3) is 0 Å². The van der Waals surface area contributed by atoms with Gasteiger partial charge in [-0.1, -0.05) is 55.9 Å². The number of nitrogens with zero attached hydrogens (tertiary/aromatic N) is 2. The molecule has 0 saturated heterocycles. The Kier molecular flexibility index (Phi) is 7.30. The predicted molar refractivity (Wildman–Crippen MR) is 119 cm³/mol. The van der Waals surface area contributed by atoms with Crippen LogP contribution in [0, 0.1) is 5.92 Å². The topological polar surface area (TPSA) is 76.0 Å². The Morgan fingerprint density at radius 2 is 1.77 bits per heavy atom. The largest absolute Gasteiger partial charge is 0.341 e. The van der Waals surface area contributed by atoms with Crippen LogP contribution >= 0.6 is 11.8 Å². The number of nitrogens with one attached hydrogen (secondary N) is 2. The SMILES string of the molecule is CC(C)CC(=O)NC(C(=O)Nc1ccc(Sc2nccn2C)cc1)c1ccccc1. The lowest BCUT2D eigenvalue weighted by Gasteiger charge is -2.19. The van der Waals surface area contributed by atoms with E-state index in [1.165, 1.54) is 0 Å². The number of amides is 2. The molecule has 30 heavy (non-hydrogen) atoms. The van der Waals surface area contributed by atoms with Gasteiger partial charge in [-0.3, -0.25) is 9.59 Å². The highest BCUT2D eigenvalue weighted by atomic mass is 32.2. The quantitative estimate of drug-likeness (QED) is 0.564. The third-order valence-corrected chi connectivity index (χ3v) is 5.49. The molecule has 0 saturated carbocycles. The van der Waals surface area contributed by atoms with Gasteiger partial charge in [0.05, 0.1) is 0 Å². The zero-order valence-corrected chi connectivity index (χ0v) is 18.1. The third kappa shape index (κ3) is 5.97. The van der Waals surface area contributed by atoms with Crippen LogP contribution in [0.1, 0.15) is 31.9 Å². The summed E-state index contributed by atoms with van der Waals surface area (Å²) in [4.78, 5) is 30.6. The van der Waals surface area contributed by atoms with E-state index in [9.17, 15) is 9.59 Å². The smallest absolute Gasteiger partial charge is 0.251 e. The number of hydrogen-bond acceptors (Lipinski definition) is 4. The first-order valence-electron chi connectivity index (χ1n) is 9.83. The van der Waals surface area contributed by atoms with E-state index < -0.39 is 6.04 Å². The molecule has 2 aromatic carbocycles. The zero-order chi connectivity index (χ0) is 21.5. The summed E-state index contributed by atoms with van der Waals surface area (Å²) >= 11 is 1.55. The first kappa shape index (κ1) is 21.6. The van der Waals surface area contributed by atoms with E-state index in [0.717, 1.165) is 15.6 Å². The Balaban J connectivity index is 1.70. The molecule has 3 rings (SSSR count). The lowest BCUT2D eigenvalue weighted by atomic mass is 10.0. The van der Waals surface area contributed by atoms with Crippen molar-refractivity contribution in [2.45, 2.75) is 36.4 Å². The number of aryl methyl sites for hydroxylation is 1. The molecule has 7 heteroatoms. The Bertz CT molecular complexity index is 984.